The zero-order valence-corrected chi connectivity index (χ0v) is 7.03. The Kier molecular flexibility index (Phi) is 1.62. The third kappa shape index (κ3) is 1.11. The van der Waals surface area contributed by atoms with Crippen molar-refractivity contribution >= 4 is 5.78 Å². The fourth-order valence-electron chi connectivity index (χ4n) is 1.24. The van der Waals surface area contributed by atoms with Crippen LogP contribution in [0.5, 0.6) is 17.2 Å². The summed E-state index contributed by atoms with van der Waals surface area (Å²) in [6, 6.07) is 3.13. The van der Waals surface area contributed by atoms with Crippen LogP contribution in [0.3, 0.4) is 0 Å². The molecule has 2 rings (SSSR count). The first-order chi connectivity index (χ1) is 6.20. The quantitative estimate of drug-likeness (QED) is 0.662. The molecule has 0 spiro atoms. The van der Waals surface area contributed by atoms with E-state index in [1.165, 1.54) is 13.0 Å². The van der Waals surface area contributed by atoms with Crippen LogP contribution in [0.15, 0.2) is 12.1 Å². The minimum Gasteiger partial charge on any atom is -0.504 e. The second-order valence-corrected chi connectivity index (χ2v) is 2.75. The van der Waals surface area contributed by atoms with Gasteiger partial charge < -0.3 is 14.6 Å². The van der Waals surface area contributed by atoms with Crippen LogP contribution in [0.2, 0.25) is 0 Å². The Morgan fingerprint density at radius 2 is 2.23 bits per heavy atom. The number of hydrogen-bond donors (Lipinski definition) is 1. The number of phenols is 1. The molecule has 4 heteroatoms. The first kappa shape index (κ1) is 7.91. The summed E-state index contributed by atoms with van der Waals surface area (Å²) < 4.78 is 10.0. The maximum absolute atomic E-state index is 11.0. The van der Waals surface area contributed by atoms with Gasteiger partial charge in [0.05, 0.1) is 5.56 Å². The molecular formula is C9H8O4. The van der Waals surface area contributed by atoms with E-state index in [9.17, 15) is 9.90 Å². The molecule has 1 heterocycles. The van der Waals surface area contributed by atoms with Gasteiger partial charge in [0.1, 0.15) is 0 Å². The van der Waals surface area contributed by atoms with Crippen molar-refractivity contribution in [2.24, 2.45) is 0 Å². The summed E-state index contributed by atoms with van der Waals surface area (Å²) >= 11 is 0. The number of carbonyl (C=O) groups excluding carboxylic acids is 1. The molecule has 0 saturated carbocycles. The van der Waals surface area contributed by atoms with E-state index in [4.69, 9.17) is 9.47 Å². The van der Waals surface area contributed by atoms with Gasteiger partial charge in [-0.05, 0) is 19.1 Å². The molecule has 1 aromatic carbocycles. The molecule has 0 atom stereocenters. The van der Waals surface area contributed by atoms with Crippen molar-refractivity contribution in [1.82, 2.24) is 0 Å². The van der Waals surface area contributed by atoms with E-state index >= 15 is 0 Å². The van der Waals surface area contributed by atoms with E-state index in [1.807, 2.05) is 0 Å². The molecule has 1 aliphatic heterocycles. The fourth-order valence-corrected chi connectivity index (χ4v) is 1.24. The summed E-state index contributed by atoms with van der Waals surface area (Å²) in [6.07, 6.45) is 0. The van der Waals surface area contributed by atoms with Crippen LogP contribution >= 0.6 is 0 Å². The van der Waals surface area contributed by atoms with Crippen LogP contribution in [0.1, 0.15) is 17.3 Å². The molecule has 1 N–H and O–H groups in total. The minimum atomic E-state index is -0.198. The van der Waals surface area contributed by atoms with Crippen molar-refractivity contribution in [3.8, 4) is 17.2 Å². The number of phenolic OH excluding ortho intramolecular Hbond substituents is 1. The molecule has 13 heavy (non-hydrogen) atoms. The lowest BCUT2D eigenvalue weighted by molar-refractivity contribution is 0.101. The molecule has 0 aliphatic carbocycles. The van der Waals surface area contributed by atoms with Gasteiger partial charge in [-0.25, -0.2) is 0 Å². The molecule has 1 aromatic rings. The summed E-state index contributed by atoms with van der Waals surface area (Å²) in [5.74, 6) is 0.397. The monoisotopic (exact) mass is 180 g/mol. The Hall–Kier alpha value is -1.71. The second kappa shape index (κ2) is 2.65. The first-order valence-electron chi connectivity index (χ1n) is 3.82. The van der Waals surface area contributed by atoms with E-state index < -0.39 is 0 Å². The third-order valence-electron chi connectivity index (χ3n) is 1.89. The van der Waals surface area contributed by atoms with Gasteiger partial charge in [-0.2, -0.15) is 0 Å². The number of hydrogen-bond acceptors (Lipinski definition) is 4. The van der Waals surface area contributed by atoms with Crippen molar-refractivity contribution in [2.45, 2.75) is 6.92 Å². The molecule has 0 amide bonds. The molecule has 0 saturated heterocycles. The highest BCUT2D eigenvalue weighted by atomic mass is 16.7. The van der Waals surface area contributed by atoms with Gasteiger partial charge in [-0.15, -0.1) is 0 Å². The van der Waals surface area contributed by atoms with Gasteiger partial charge in [-0.1, -0.05) is 0 Å². The van der Waals surface area contributed by atoms with Gasteiger partial charge in [0.25, 0.3) is 0 Å². The van der Waals surface area contributed by atoms with E-state index in [0.717, 1.165) is 0 Å². The number of fused-ring (bicyclic) bond motifs is 1. The van der Waals surface area contributed by atoms with Crippen molar-refractivity contribution in [3.05, 3.63) is 17.7 Å². The molecular weight excluding hydrogens is 172 g/mol. The predicted octanol–water partition coefficient (Wildman–Crippen LogP) is 1.32. The summed E-state index contributed by atoms with van der Waals surface area (Å²) in [6.45, 7) is 1.47. The molecule has 0 aromatic heterocycles. The Morgan fingerprint density at radius 3 is 2.92 bits per heavy atom. The summed E-state index contributed by atoms with van der Waals surface area (Å²) in [4.78, 5) is 11.0. The number of carbonyl (C=O) groups is 1. The van der Waals surface area contributed by atoms with Gasteiger partial charge in [0.2, 0.25) is 12.5 Å². The number of rotatable bonds is 1. The topological polar surface area (TPSA) is 55.8 Å². The number of benzene rings is 1. The minimum absolute atomic E-state index is 0.0876. The number of ketones is 1. The highest BCUT2D eigenvalue weighted by Crippen LogP contribution is 2.42. The van der Waals surface area contributed by atoms with Crippen LogP contribution in [-0.4, -0.2) is 17.7 Å². The van der Waals surface area contributed by atoms with Crippen molar-refractivity contribution < 1.29 is 19.4 Å². The van der Waals surface area contributed by atoms with Gasteiger partial charge in [-0.3, -0.25) is 4.79 Å². The standard InChI is InChI=1S/C9H8O4/c1-5(10)6-2-3-7-9(8(6)11)13-4-12-7/h2-3,11H,4H2,1H3. The maximum Gasteiger partial charge on any atom is 0.231 e. The smallest absolute Gasteiger partial charge is 0.231 e. The van der Waals surface area contributed by atoms with Crippen molar-refractivity contribution in [3.63, 3.8) is 0 Å². The zero-order valence-electron chi connectivity index (χ0n) is 7.03. The molecule has 0 radical (unpaired) electrons. The fraction of sp³-hybridized carbons (Fsp3) is 0.222. The van der Waals surface area contributed by atoms with Crippen molar-refractivity contribution in [2.75, 3.05) is 6.79 Å². The molecule has 68 valence electrons. The maximum atomic E-state index is 11.0. The summed E-state index contributed by atoms with van der Waals surface area (Å²) in [5, 5.41) is 9.55. The molecule has 0 unspecified atom stereocenters. The van der Waals surface area contributed by atoms with E-state index in [1.54, 1.807) is 6.07 Å². The average Bonchev–Trinajstić information content (AvgIpc) is 2.52. The lowest BCUT2D eigenvalue weighted by atomic mass is 10.1. The SMILES string of the molecule is CC(=O)c1ccc2c(c1O)OCO2. The highest BCUT2D eigenvalue weighted by molar-refractivity contribution is 5.98. The number of ether oxygens (including phenoxy) is 2. The lowest BCUT2D eigenvalue weighted by Crippen LogP contribution is -1.94. The number of Topliss-reactive ketones (excluding diaryl/α,β-unsaturated/α-hetero) is 1. The molecule has 0 fully saturated rings. The van der Waals surface area contributed by atoms with Crippen LogP contribution in [0.25, 0.3) is 0 Å². The Balaban J connectivity index is 2.59. The Morgan fingerprint density at radius 1 is 1.46 bits per heavy atom. The van der Waals surface area contributed by atoms with E-state index in [0.29, 0.717) is 5.75 Å². The zero-order chi connectivity index (χ0) is 9.42. The van der Waals surface area contributed by atoms with E-state index in [-0.39, 0.29) is 29.6 Å². The van der Waals surface area contributed by atoms with Crippen LogP contribution in [0.4, 0.5) is 0 Å². The van der Waals surface area contributed by atoms with Gasteiger partial charge in [0, 0.05) is 0 Å². The largest absolute Gasteiger partial charge is 0.504 e. The summed E-state index contributed by atoms with van der Waals surface area (Å²) in [5.41, 5.74) is 0.254. The van der Waals surface area contributed by atoms with Crippen molar-refractivity contribution in [1.29, 1.82) is 0 Å². The number of aromatic hydroxyl groups is 1. The molecule has 0 bridgehead atoms. The van der Waals surface area contributed by atoms with Crippen LogP contribution < -0.4 is 9.47 Å². The van der Waals surface area contributed by atoms with Gasteiger partial charge >= 0.3 is 0 Å². The third-order valence-corrected chi connectivity index (χ3v) is 1.89. The Bertz CT molecular complexity index is 370. The molecule has 1 aliphatic rings. The normalized spacial score (nSPS) is 13.0. The van der Waals surface area contributed by atoms with Gasteiger partial charge in [0.15, 0.2) is 17.3 Å². The predicted molar refractivity (Wildman–Crippen MR) is 44.2 cm³/mol. The average molecular weight is 180 g/mol. The summed E-state index contributed by atoms with van der Waals surface area (Å²) in [7, 11) is 0. The second-order valence-electron chi connectivity index (χ2n) is 2.75. The molecule has 4 nitrogen and oxygen atoms in total. The highest BCUT2D eigenvalue weighted by Gasteiger charge is 2.21. The van der Waals surface area contributed by atoms with E-state index in [2.05, 4.69) is 0 Å². The lowest BCUT2D eigenvalue weighted by Gasteiger charge is -2.02. The Labute approximate surface area is 74.7 Å². The van der Waals surface area contributed by atoms with Crippen LogP contribution in [-0.2, 0) is 0 Å². The first-order valence-corrected chi connectivity index (χ1v) is 3.82. The van der Waals surface area contributed by atoms with Crippen LogP contribution in [0, 0.1) is 0 Å².